The van der Waals surface area contributed by atoms with Crippen molar-refractivity contribution < 1.29 is 4.42 Å². The van der Waals surface area contributed by atoms with Crippen molar-refractivity contribution in [3.05, 3.63) is 200 Å². The monoisotopic (exact) mass is 727 g/mol. The number of fused-ring (bicyclic) bond motifs is 5. The molecule has 0 aliphatic carbocycles. The molecule has 0 atom stereocenters. The molecule has 0 aliphatic rings. The Hall–Kier alpha value is -7.69. The Balaban J connectivity index is 1.08. The molecule has 11 aromatic rings. The molecular weight excluding hydrogens is 695 g/mol. The molecule has 0 saturated heterocycles. The van der Waals surface area contributed by atoms with Crippen LogP contribution in [0.5, 0.6) is 0 Å². The molecule has 11 rings (SSSR count). The molecule has 9 aromatic carbocycles. The summed E-state index contributed by atoms with van der Waals surface area (Å²) in [5, 5.41) is 6.89. The lowest BCUT2D eigenvalue weighted by molar-refractivity contribution is 0.669. The molecule has 0 N–H and O–H groups in total. The summed E-state index contributed by atoms with van der Waals surface area (Å²) in [4.78, 5) is 15.3. The minimum Gasteiger partial charge on any atom is -0.456 e. The Bertz CT molecular complexity index is 3260. The van der Waals surface area contributed by atoms with Crippen LogP contribution < -0.4 is 0 Å². The second kappa shape index (κ2) is 13.6. The number of furan rings is 1. The molecule has 266 valence electrons. The van der Waals surface area contributed by atoms with Crippen LogP contribution in [0.3, 0.4) is 0 Å². The van der Waals surface area contributed by atoms with Crippen molar-refractivity contribution >= 4 is 43.5 Å². The highest BCUT2D eigenvalue weighted by atomic mass is 16.3. The first kappa shape index (κ1) is 32.7. The molecule has 2 aromatic heterocycles. The molecule has 0 unspecified atom stereocenters. The molecule has 4 heteroatoms. The van der Waals surface area contributed by atoms with Crippen LogP contribution in [0.2, 0.25) is 0 Å². The van der Waals surface area contributed by atoms with Gasteiger partial charge in [-0.05, 0) is 85.3 Å². The van der Waals surface area contributed by atoms with Gasteiger partial charge in [-0.25, -0.2) is 15.0 Å². The summed E-state index contributed by atoms with van der Waals surface area (Å²) < 4.78 is 6.72. The summed E-state index contributed by atoms with van der Waals surface area (Å²) >= 11 is 0. The van der Waals surface area contributed by atoms with E-state index in [1.807, 2.05) is 36.4 Å². The van der Waals surface area contributed by atoms with E-state index in [-0.39, 0.29) is 0 Å². The molecule has 0 radical (unpaired) electrons. The number of nitrogens with zero attached hydrogens (tertiary/aromatic N) is 3. The van der Waals surface area contributed by atoms with E-state index in [4.69, 9.17) is 19.4 Å². The maximum atomic E-state index is 6.72. The zero-order chi connectivity index (χ0) is 37.7. The van der Waals surface area contributed by atoms with Crippen molar-refractivity contribution in [1.29, 1.82) is 0 Å². The van der Waals surface area contributed by atoms with Crippen LogP contribution in [0.25, 0.3) is 111 Å². The summed E-state index contributed by atoms with van der Waals surface area (Å²) in [5.41, 5.74) is 11.1. The molecule has 4 nitrogen and oxygen atoms in total. The van der Waals surface area contributed by atoms with Gasteiger partial charge < -0.3 is 4.42 Å². The first-order chi connectivity index (χ1) is 28.2. The van der Waals surface area contributed by atoms with E-state index in [0.717, 1.165) is 71.8 Å². The van der Waals surface area contributed by atoms with E-state index in [1.54, 1.807) is 0 Å². The third-order valence-corrected chi connectivity index (χ3v) is 10.9. The maximum Gasteiger partial charge on any atom is 0.164 e. The predicted molar refractivity (Wildman–Crippen MR) is 235 cm³/mol. The molecular formula is C53H33N3O. The summed E-state index contributed by atoms with van der Waals surface area (Å²) in [6.45, 7) is 0. The number of hydrogen-bond acceptors (Lipinski definition) is 4. The molecule has 2 heterocycles. The van der Waals surface area contributed by atoms with Gasteiger partial charge in [0.15, 0.2) is 17.5 Å². The summed E-state index contributed by atoms with van der Waals surface area (Å²) in [7, 11) is 0. The lowest BCUT2D eigenvalue weighted by atomic mass is 9.94. The molecule has 0 aliphatic heterocycles. The predicted octanol–water partition coefficient (Wildman–Crippen LogP) is 14.1. The average molecular weight is 728 g/mol. The zero-order valence-electron chi connectivity index (χ0n) is 30.8. The van der Waals surface area contributed by atoms with Crippen LogP contribution in [-0.2, 0) is 0 Å². The molecule has 0 saturated carbocycles. The molecule has 0 bridgehead atoms. The fraction of sp³-hybridized carbons (Fsp3) is 0. The second-order valence-electron chi connectivity index (χ2n) is 14.4. The van der Waals surface area contributed by atoms with Gasteiger partial charge in [-0.1, -0.05) is 170 Å². The van der Waals surface area contributed by atoms with Gasteiger partial charge in [-0.2, -0.15) is 0 Å². The maximum absolute atomic E-state index is 6.72. The SMILES string of the molecule is c1ccc(-c2ccc(-c3cc(-c4nc(-c5ccccc5)nc(-c5ccc(-c6ccc7ccccc7c6)cc5)n4)cc4oc5cc6ccccc6cc5c34)cc2)cc1. The van der Waals surface area contributed by atoms with E-state index in [0.29, 0.717) is 17.5 Å². The van der Waals surface area contributed by atoms with Crippen molar-refractivity contribution in [1.82, 2.24) is 15.0 Å². The minimum absolute atomic E-state index is 0.576. The first-order valence-electron chi connectivity index (χ1n) is 19.2. The Kier molecular flexibility index (Phi) is 7.78. The van der Waals surface area contributed by atoms with Crippen molar-refractivity contribution in [2.24, 2.45) is 0 Å². The van der Waals surface area contributed by atoms with Crippen LogP contribution in [0, 0.1) is 0 Å². The first-order valence-corrected chi connectivity index (χ1v) is 19.2. The fourth-order valence-corrected chi connectivity index (χ4v) is 7.95. The van der Waals surface area contributed by atoms with Crippen LogP contribution in [0.1, 0.15) is 0 Å². The fourth-order valence-electron chi connectivity index (χ4n) is 7.95. The van der Waals surface area contributed by atoms with Gasteiger partial charge in [0, 0.05) is 27.5 Å². The van der Waals surface area contributed by atoms with Gasteiger partial charge >= 0.3 is 0 Å². The van der Waals surface area contributed by atoms with Crippen LogP contribution in [0.15, 0.2) is 205 Å². The molecule has 57 heavy (non-hydrogen) atoms. The van der Waals surface area contributed by atoms with Crippen molar-refractivity contribution in [2.75, 3.05) is 0 Å². The number of rotatable bonds is 6. The van der Waals surface area contributed by atoms with Gasteiger partial charge in [0.25, 0.3) is 0 Å². The van der Waals surface area contributed by atoms with Crippen molar-refractivity contribution in [2.45, 2.75) is 0 Å². The summed E-state index contributed by atoms with van der Waals surface area (Å²) in [6, 6.07) is 70.0. The average Bonchev–Trinajstić information content (AvgIpc) is 3.65. The van der Waals surface area contributed by atoms with E-state index in [9.17, 15) is 0 Å². The van der Waals surface area contributed by atoms with Crippen LogP contribution >= 0.6 is 0 Å². The topological polar surface area (TPSA) is 51.8 Å². The van der Waals surface area contributed by atoms with Crippen LogP contribution in [-0.4, -0.2) is 15.0 Å². The molecule has 0 spiro atoms. The van der Waals surface area contributed by atoms with Gasteiger partial charge in [-0.15, -0.1) is 0 Å². The standard InChI is InChI=1S/C53H33N3O/c1-3-11-34(12-4-1)36-19-24-38(25-20-36)46-31-45(33-49-50(46)47-30-42-17-9-10-18-43(42)32-48(47)57-49)53-55-51(39-14-5-2-6-15-39)54-52(56-53)40-26-21-37(22-27-40)44-28-23-35-13-7-8-16-41(35)29-44/h1-33H. The normalized spacial score (nSPS) is 11.5. The van der Waals surface area contributed by atoms with Gasteiger partial charge in [0.05, 0.1) is 0 Å². The minimum atomic E-state index is 0.576. The van der Waals surface area contributed by atoms with Crippen molar-refractivity contribution in [3.63, 3.8) is 0 Å². The number of aromatic nitrogens is 3. The number of hydrogen-bond donors (Lipinski definition) is 0. The second-order valence-corrected chi connectivity index (χ2v) is 14.4. The molecule has 0 fully saturated rings. The third kappa shape index (κ3) is 6.01. The van der Waals surface area contributed by atoms with Crippen LogP contribution in [0.4, 0.5) is 0 Å². The van der Waals surface area contributed by atoms with Gasteiger partial charge in [0.1, 0.15) is 11.2 Å². The smallest absolute Gasteiger partial charge is 0.164 e. The highest BCUT2D eigenvalue weighted by Gasteiger charge is 2.19. The van der Waals surface area contributed by atoms with E-state index < -0.39 is 0 Å². The summed E-state index contributed by atoms with van der Waals surface area (Å²) in [5.74, 6) is 1.79. The lowest BCUT2D eigenvalue weighted by Crippen LogP contribution is -2.00. The third-order valence-electron chi connectivity index (χ3n) is 10.9. The summed E-state index contributed by atoms with van der Waals surface area (Å²) in [6.07, 6.45) is 0. The Morgan fingerprint density at radius 2 is 0.737 bits per heavy atom. The van der Waals surface area contributed by atoms with E-state index in [1.165, 1.54) is 21.7 Å². The lowest BCUT2D eigenvalue weighted by Gasteiger charge is -2.12. The Morgan fingerprint density at radius 1 is 0.281 bits per heavy atom. The zero-order valence-corrected chi connectivity index (χ0v) is 30.8. The largest absolute Gasteiger partial charge is 0.456 e. The Labute approximate surface area is 329 Å². The Morgan fingerprint density at radius 3 is 1.40 bits per heavy atom. The highest BCUT2D eigenvalue weighted by molar-refractivity contribution is 6.16. The van der Waals surface area contributed by atoms with E-state index in [2.05, 4.69) is 164 Å². The number of benzene rings is 9. The quantitative estimate of drug-likeness (QED) is 0.171. The van der Waals surface area contributed by atoms with E-state index >= 15 is 0 Å². The van der Waals surface area contributed by atoms with Gasteiger partial charge in [-0.3, -0.25) is 0 Å². The van der Waals surface area contributed by atoms with Gasteiger partial charge in [0.2, 0.25) is 0 Å². The molecule has 0 amide bonds. The highest BCUT2D eigenvalue weighted by Crippen LogP contribution is 2.42. The van der Waals surface area contributed by atoms with Crippen molar-refractivity contribution in [3.8, 4) is 67.5 Å².